The van der Waals surface area contributed by atoms with Crippen LogP contribution in [-0.4, -0.2) is 31.2 Å². The van der Waals surface area contributed by atoms with E-state index in [2.05, 4.69) is 0 Å². The lowest BCUT2D eigenvalue weighted by molar-refractivity contribution is -0.384. The van der Waals surface area contributed by atoms with Crippen molar-refractivity contribution >= 4 is 17.7 Å². The zero-order chi connectivity index (χ0) is 14.8. The van der Waals surface area contributed by atoms with Crippen molar-refractivity contribution in [3.63, 3.8) is 0 Å². The van der Waals surface area contributed by atoms with Crippen molar-refractivity contribution in [3.8, 4) is 0 Å². The topological polar surface area (TPSA) is 78.7 Å². The van der Waals surface area contributed by atoms with Gasteiger partial charge in [-0.05, 0) is 24.5 Å². The minimum atomic E-state index is -0.481. The Morgan fingerprint density at radius 3 is 2.80 bits per heavy atom. The average Bonchev–Trinajstić information content (AvgIpc) is 2.45. The summed E-state index contributed by atoms with van der Waals surface area (Å²) in [6.07, 6.45) is 4.32. The molecule has 1 aromatic carbocycles. The highest BCUT2D eigenvalue weighted by atomic mass is 16.6. The molecule has 1 rings (SSSR count). The van der Waals surface area contributed by atoms with Crippen LogP contribution in [0.3, 0.4) is 0 Å². The lowest BCUT2D eigenvalue weighted by Crippen LogP contribution is -2.03. The number of carbonyl (C=O) groups is 1. The highest BCUT2D eigenvalue weighted by Crippen LogP contribution is 2.14. The molecule has 20 heavy (non-hydrogen) atoms. The molecule has 0 saturated heterocycles. The molecule has 6 heteroatoms. The Morgan fingerprint density at radius 2 is 2.10 bits per heavy atom. The van der Waals surface area contributed by atoms with E-state index in [0.29, 0.717) is 18.8 Å². The maximum atomic E-state index is 11.4. The molecule has 0 fully saturated rings. The summed E-state index contributed by atoms with van der Waals surface area (Å²) >= 11 is 0. The summed E-state index contributed by atoms with van der Waals surface area (Å²) < 4.78 is 9.85. The number of methoxy groups -OCH3 is 1. The van der Waals surface area contributed by atoms with Gasteiger partial charge in [0.1, 0.15) is 0 Å². The second kappa shape index (κ2) is 8.82. The quantitative estimate of drug-likeness (QED) is 0.240. The van der Waals surface area contributed by atoms with Crippen molar-refractivity contribution in [2.45, 2.75) is 12.8 Å². The predicted molar refractivity (Wildman–Crippen MR) is 74.2 cm³/mol. The van der Waals surface area contributed by atoms with Crippen LogP contribution in [0.15, 0.2) is 30.3 Å². The third kappa shape index (κ3) is 6.10. The van der Waals surface area contributed by atoms with Crippen molar-refractivity contribution in [1.82, 2.24) is 0 Å². The van der Waals surface area contributed by atoms with Crippen molar-refractivity contribution < 1.29 is 19.2 Å². The van der Waals surface area contributed by atoms with Gasteiger partial charge in [-0.1, -0.05) is 12.1 Å². The zero-order valence-electron chi connectivity index (χ0n) is 11.3. The van der Waals surface area contributed by atoms with Gasteiger partial charge in [0, 0.05) is 31.9 Å². The van der Waals surface area contributed by atoms with E-state index in [1.54, 1.807) is 19.2 Å². The third-order valence-corrected chi connectivity index (χ3v) is 2.48. The van der Waals surface area contributed by atoms with Gasteiger partial charge in [0.2, 0.25) is 0 Å². The molecule has 6 nitrogen and oxygen atoms in total. The van der Waals surface area contributed by atoms with Gasteiger partial charge in [0.05, 0.1) is 11.5 Å². The number of rotatable bonds is 8. The first-order chi connectivity index (χ1) is 9.63. The van der Waals surface area contributed by atoms with E-state index in [0.717, 1.165) is 12.8 Å². The van der Waals surface area contributed by atoms with Crippen LogP contribution < -0.4 is 0 Å². The number of nitrogens with zero attached hydrogens (tertiary/aromatic N) is 1. The van der Waals surface area contributed by atoms with Crippen LogP contribution in [0.1, 0.15) is 18.4 Å². The summed E-state index contributed by atoms with van der Waals surface area (Å²) in [7, 11) is 1.62. The lowest BCUT2D eigenvalue weighted by Gasteiger charge is -2.01. The van der Waals surface area contributed by atoms with E-state index in [1.807, 2.05) is 0 Å². The maximum Gasteiger partial charge on any atom is 0.330 e. The Morgan fingerprint density at radius 1 is 1.35 bits per heavy atom. The first-order valence-corrected chi connectivity index (χ1v) is 6.21. The molecule has 108 valence electrons. The fraction of sp³-hybridized carbons (Fsp3) is 0.357. The van der Waals surface area contributed by atoms with Crippen molar-refractivity contribution in [2.24, 2.45) is 0 Å². The van der Waals surface area contributed by atoms with E-state index in [-0.39, 0.29) is 5.69 Å². The molecule has 1 aromatic rings. The Labute approximate surface area is 117 Å². The summed E-state index contributed by atoms with van der Waals surface area (Å²) in [5, 5.41) is 10.6. The number of hydrogen-bond acceptors (Lipinski definition) is 5. The zero-order valence-corrected chi connectivity index (χ0v) is 11.3. The molecule has 0 amide bonds. The van der Waals surface area contributed by atoms with Crippen LogP contribution in [-0.2, 0) is 14.3 Å². The smallest absolute Gasteiger partial charge is 0.330 e. The first-order valence-electron chi connectivity index (χ1n) is 6.21. The van der Waals surface area contributed by atoms with E-state index in [1.165, 1.54) is 24.3 Å². The minimum Gasteiger partial charge on any atom is -0.463 e. The van der Waals surface area contributed by atoms with E-state index in [4.69, 9.17) is 9.47 Å². The monoisotopic (exact) mass is 279 g/mol. The van der Waals surface area contributed by atoms with E-state index < -0.39 is 10.9 Å². The van der Waals surface area contributed by atoms with E-state index in [9.17, 15) is 14.9 Å². The van der Waals surface area contributed by atoms with E-state index >= 15 is 0 Å². The fourth-order valence-electron chi connectivity index (χ4n) is 1.48. The maximum absolute atomic E-state index is 11.4. The molecule has 0 saturated carbocycles. The molecule has 0 atom stereocenters. The molecule has 0 bridgehead atoms. The largest absolute Gasteiger partial charge is 0.463 e. The van der Waals surface area contributed by atoms with Gasteiger partial charge in [-0.15, -0.1) is 0 Å². The Balaban J connectivity index is 2.41. The predicted octanol–water partition coefficient (Wildman–Crippen LogP) is 2.58. The van der Waals surface area contributed by atoms with Crippen LogP contribution in [0.4, 0.5) is 5.69 Å². The summed E-state index contributed by atoms with van der Waals surface area (Å²) in [6, 6.07) is 6.02. The SMILES string of the molecule is COCCCCOC(=O)C=Cc1cccc([N+](=O)[O-])c1. The highest BCUT2D eigenvalue weighted by molar-refractivity contribution is 5.87. The van der Waals surface area contributed by atoms with Gasteiger partial charge in [0.25, 0.3) is 5.69 Å². The van der Waals surface area contributed by atoms with Gasteiger partial charge < -0.3 is 9.47 Å². The molecule has 0 N–H and O–H groups in total. The molecule has 0 aromatic heterocycles. The number of ether oxygens (including phenoxy) is 2. The van der Waals surface area contributed by atoms with Gasteiger partial charge >= 0.3 is 5.97 Å². The molecule has 0 spiro atoms. The Bertz CT molecular complexity index is 484. The van der Waals surface area contributed by atoms with Gasteiger partial charge in [-0.3, -0.25) is 10.1 Å². The number of nitro benzene ring substituents is 1. The van der Waals surface area contributed by atoms with Crippen LogP contribution in [0, 0.1) is 10.1 Å². The number of unbranched alkanes of at least 4 members (excludes halogenated alkanes) is 1. The molecule has 0 heterocycles. The number of nitro groups is 1. The number of carbonyl (C=O) groups excluding carboxylic acids is 1. The van der Waals surface area contributed by atoms with Gasteiger partial charge in [-0.2, -0.15) is 0 Å². The van der Waals surface area contributed by atoms with Crippen molar-refractivity contribution in [2.75, 3.05) is 20.3 Å². The second-order valence-electron chi connectivity index (χ2n) is 4.05. The highest BCUT2D eigenvalue weighted by Gasteiger charge is 2.04. The average molecular weight is 279 g/mol. The fourth-order valence-corrected chi connectivity index (χ4v) is 1.48. The molecule has 0 radical (unpaired) electrons. The Hall–Kier alpha value is -2.21. The summed E-state index contributed by atoms with van der Waals surface area (Å²) in [6.45, 7) is 0.975. The van der Waals surface area contributed by atoms with Crippen LogP contribution in [0.25, 0.3) is 6.08 Å². The molecule has 0 aliphatic rings. The third-order valence-electron chi connectivity index (χ3n) is 2.48. The molecule has 0 aliphatic carbocycles. The van der Waals surface area contributed by atoms with Crippen LogP contribution >= 0.6 is 0 Å². The summed E-state index contributed by atoms with van der Waals surface area (Å²) in [4.78, 5) is 21.5. The van der Waals surface area contributed by atoms with Gasteiger partial charge in [-0.25, -0.2) is 4.79 Å². The second-order valence-corrected chi connectivity index (χ2v) is 4.05. The molecular weight excluding hydrogens is 262 g/mol. The number of hydrogen-bond donors (Lipinski definition) is 0. The molecule has 0 unspecified atom stereocenters. The normalized spacial score (nSPS) is 10.7. The van der Waals surface area contributed by atoms with Crippen molar-refractivity contribution in [1.29, 1.82) is 0 Å². The van der Waals surface area contributed by atoms with Crippen LogP contribution in [0.2, 0.25) is 0 Å². The van der Waals surface area contributed by atoms with Crippen LogP contribution in [0.5, 0.6) is 0 Å². The summed E-state index contributed by atoms with van der Waals surface area (Å²) in [5.74, 6) is -0.464. The number of esters is 1. The standard InChI is InChI=1S/C14H17NO5/c1-19-9-2-3-10-20-14(16)8-7-12-5-4-6-13(11-12)15(17)18/h4-8,11H,2-3,9-10H2,1H3. The van der Waals surface area contributed by atoms with Crippen molar-refractivity contribution in [3.05, 3.63) is 46.0 Å². The molecular formula is C14H17NO5. The van der Waals surface area contributed by atoms with Gasteiger partial charge in [0.15, 0.2) is 0 Å². The summed E-state index contributed by atoms with van der Waals surface area (Å²) in [5.41, 5.74) is 0.565. The molecule has 0 aliphatic heterocycles. The lowest BCUT2D eigenvalue weighted by atomic mass is 10.2. The number of benzene rings is 1. The first kappa shape index (κ1) is 15.8. The Kier molecular flexibility index (Phi) is 6.99. The minimum absolute atomic E-state index is 0.0138. The number of non-ortho nitro benzene ring substituents is 1.